The summed E-state index contributed by atoms with van der Waals surface area (Å²) in [6, 6.07) is 12.5. The van der Waals surface area contributed by atoms with Crippen molar-refractivity contribution in [3.8, 4) is 11.6 Å². The van der Waals surface area contributed by atoms with Gasteiger partial charge in [0, 0.05) is 17.1 Å². The van der Waals surface area contributed by atoms with Crippen LogP contribution in [-0.4, -0.2) is 34.6 Å². The fraction of sp³-hybridized carbons (Fsp3) is 0.227. The molecule has 0 unspecified atom stereocenters. The minimum absolute atomic E-state index is 0.104. The highest BCUT2D eigenvalue weighted by Crippen LogP contribution is 2.31. The Bertz CT molecular complexity index is 1110. The third kappa shape index (κ3) is 4.46. The van der Waals surface area contributed by atoms with Crippen molar-refractivity contribution in [1.82, 2.24) is 10.3 Å². The normalized spacial score (nSPS) is 11.2. The predicted molar refractivity (Wildman–Crippen MR) is 113 cm³/mol. The highest BCUT2D eigenvalue weighted by Gasteiger charge is 2.30. The highest BCUT2D eigenvalue weighted by molar-refractivity contribution is 6.31. The third-order valence-electron chi connectivity index (χ3n) is 4.53. The maximum Gasteiger partial charge on any atom is 0.328 e. The number of nitrogens with one attached hydrogen (secondary N) is 1. The van der Waals surface area contributed by atoms with Crippen LogP contribution in [0.4, 0.5) is 0 Å². The second-order valence-corrected chi connectivity index (χ2v) is 7.58. The van der Waals surface area contributed by atoms with Gasteiger partial charge in [0.2, 0.25) is 5.88 Å². The molecule has 0 aliphatic rings. The zero-order chi connectivity index (χ0) is 21.9. The van der Waals surface area contributed by atoms with Crippen molar-refractivity contribution in [2.45, 2.75) is 26.0 Å². The largest absolute Gasteiger partial charge is 0.487 e. The highest BCUT2D eigenvalue weighted by atomic mass is 35.5. The number of halogens is 1. The summed E-state index contributed by atoms with van der Waals surface area (Å²) in [5, 5.41) is 13.8. The summed E-state index contributed by atoms with van der Waals surface area (Å²) < 4.78 is 11.1. The summed E-state index contributed by atoms with van der Waals surface area (Å²) >= 11 is 6.13. The molecule has 0 fully saturated rings. The van der Waals surface area contributed by atoms with Crippen LogP contribution in [0.3, 0.4) is 0 Å². The number of pyridine rings is 1. The molecule has 0 saturated heterocycles. The molecular weight excluding hydrogens is 408 g/mol. The summed E-state index contributed by atoms with van der Waals surface area (Å²) in [7, 11) is 1.48. The molecule has 0 spiro atoms. The molecule has 0 saturated carbocycles. The number of hydrogen-bond donors (Lipinski definition) is 2. The lowest BCUT2D eigenvalue weighted by Gasteiger charge is -2.22. The molecule has 0 aliphatic heterocycles. The maximum absolute atomic E-state index is 12.9. The average Bonchev–Trinajstić information content (AvgIpc) is 2.71. The molecule has 1 aromatic heterocycles. The van der Waals surface area contributed by atoms with E-state index in [1.165, 1.54) is 21.0 Å². The topological polar surface area (TPSA) is 97.8 Å². The van der Waals surface area contributed by atoms with Crippen LogP contribution >= 0.6 is 11.6 Å². The van der Waals surface area contributed by atoms with Crippen LogP contribution in [0.1, 0.15) is 29.8 Å². The first-order chi connectivity index (χ1) is 14.2. The lowest BCUT2D eigenvalue weighted by atomic mass is 10.0. The number of carbonyl (C=O) groups excluding carboxylic acids is 1. The van der Waals surface area contributed by atoms with E-state index in [2.05, 4.69) is 10.3 Å². The van der Waals surface area contributed by atoms with Crippen LogP contribution < -0.4 is 14.8 Å². The van der Waals surface area contributed by atoms with Crippen LogP contribution in [0, 0.1) is 0 Å². The molecule has 0 bridgehead atoms. The number of rotatable bonds is 7. The fourth-order valence-electron chi connectivity index (χ4n) is 2.83. The molecule has 3 rings (SSSR count). The van der Waals surface area contributed by atoms with Crippen LogP contribution in [-0.2, 0) is 11.4 Å². The summed E-state index contributed by atoms with van der Waals surface area (Å²) in [6.45, 7) is 2.94. The molecule has 0 aliphatic carbocycles. The van der Waals surface area contributed by atoms with Crippen molar-refractivity contribution >= 4 is 34.2 Å². The number of methoxy groups -OCH3 is 1. The van der Waals surface area contributed by atoms with Crippen LogP contribution in [0.15, 0.2) is 48.7 Å². The average molecular weight is 429 g/mol. The predicted octanol–water partition coefficient (Wildman–Crippen LogP) is 4.07. The number of nitrogens with zero attached hydrogens (tertiary/aromatic N) is 1. The zero-order valence-corrected chi connectivity index (χ0v) is 17.5. The van der Waals surface area contributed by atoms with Crippen LogP contribution in [0.5, 0.6) is 11.6 Å². The molecule has 0 radical (unpaired) electrons. The third-order valence-corrected chi connectivity index (χ3v) is 4.80. The zero-order valence-electron chi connectivity index (χ0n) is 16.7. The van der Waals surface area contributed by atoms with Gasteiger partial charge in [-0.2, -0.15) is 0 Å². The Kier molecular flexibility index (Phi) is 6.12. The van der Waals surface area contributed by atoms with Crippen molar-refractivity contribution in [3.05, 3.63) is 64.8 Å². The van der Waals surface area contributed by atoms with Gasteiger partial charge in [0.15, 0.2) is 0 Å². The van der Waals surface area contributed by atoms with Gasteiger partial charge in [0.25, 0.3) is 5.91 Å². The summed E-state index contributed by atoms with van der Waals surface area (Å²) in [5.74, 6) is -1.03. The molecular formula is C22H21ClN2O5. The van der Waals surface area contributed by atoms with Gasteiger partial charge in [-0.05, 0) is 31.4 Å². The van der Waals surface area contributed by atoms with Gasteiger partial charge in [-0.1, -0.05) is 41.9 Å². The van der Waals surface area contributed by atoms with Gasteiger partial charge in [0.05, 0.1) is 12.7 Å². The Balaban J connectivity index is 1.97. The summed E-state index contributed by atoms with van der Waals surface area (Å²) in [6.07, 6.45) is 1.57. The number of aromatic nitrogens is 1. The van der Waals surface area contributed by atoms with Crippen molar-refractivity contribution in [2.24, 2.45) is 0 Å². The summed E-state index contributed by atoms with van der Waals surface area (Å²) in [5.41, 5.74) is -0.519. The molecule has 0 atom stereocenters. The van der Waals surface area contributed by atoms with E-state index < -0.39 is 17.4 Å². The molecule has 156 valence electrons. The maximum atomic E-state index is 12.9. The number of carboxylic acid groups (broad SMARTS) is 1. The second-order valence-electron chi connectivity index (χ2n) is 7.17. The molecule has 2 N–H and O–H groups in total. The second kappa shape index (κ2) is 8.59. The lowest BCUT2D eigenvalue weighted by Crippen LogP contribution is -2.49. The molecule has 3 aromatic rings. The standard InChI is InChI=1S/C22H21ClN2O5/c1-22(2,21(27)28)25-19(26)16-9-8-14-6-4-5-7-15(14)18(16)30-12-13-10-17(23)20(29-3)24-11-13/h4-11H,12H2,1-3H3,(H,25,26)(H,27,28). The van der Waals surface area contributed by atoms with Crippen LogP contribution in [0.25, 0.3) is 10.8 Å². The van der Waals surface area contributed by atoms with Gasteiger partial charge >= 0.3 is 5.97 Å². The Morgan fingerprint density at radius 1 is 1.20 bits per heavy atom. The minimum Gasteiger partial charge on any atom is -0.487 e. The van der Waals surface area contributed by atoms with Crippen molar-refractivity contribution in [2.75, 3.05) is 7.11 Å². The number of amides is 1. The van der Waals surface area contributed by atoms with E-state index in [1.54, 1.807) is 24.4 Å². The quantitative estimate of drug-likeness (QED) is 0.588. The fourth-order valence-corrected chi connectivity index (χ4v) is 3.10. The van der Waals surface area contributed by atoms with E-state index in [-0.39, 0.29) is 12.2 Å². The Morgan fingerprint density at radius 3 is 2.60 bits per heavy atom. The molecule has 1 amide bonds. The van der Waals surface area contributed by atoms with E-state index in [1.807, 2.05) is 24.3 Å². The minimum atomic E-state index is -1.44. The Hall–Kier alpha value is -3.32. The smallest absolute Gasteiger partial charge is 0.328 e. The molecule has 1 heterocycles. The van der Waals surface area contributed by atoms with E-state index in [0.717, 1.165) is 10.8 Å². The number of carboxylic acids is 1. The van der Waals surface area contributed by atoms with Gasteiger partial charge in [-0.3, -0.25) is 4.79 Å². The van der Waals surface area contributed by atoms with Gasteiger partial charge in [-0.25, -0.2) is 9.78 Å². The van der Waals surface area contributed by atoms with E-state index in [0.29, 0.717) is 22.2 Å². The van der Waals surface area contributed by atoms with Crippen molar-refractivity contribution < 1.29 is 24.2 Å². The number of ether oxygens (including phenoxy) is 2. The number of fused-ring (bicyclic) bond motifs is 1. The first kappa shape index (κ1) is 21.4. The van der Waals surface area contributed by atoms with Crippen molar-refractivity contribution in [1.29, 1.82) is 0 Å². The monoisotopic (exact) mass is 428 g/mol. The molecule has 2 aromatic carbocycles. The number of benzene rings is 2. The first-order valence-electron chi connectivity index (χ1n) is 9.12. The van der Waals surface area contributed by atoms with E-state index in [9.17, 15) is 14.7 Å². The lowest BCUT2D eigenvalue weighted by molar-refractivity contribution is -0.143. The van der Waals surface area contributed by atoms with Gasteiger partial charge in [0.1, 0.15) is 22.9 Å². The van der Waals surface area contributed by atoms with Crippen molar-refractivity contribution in [3.63, 3.8) is 0 Å². The summed E-state index contributed by atoms with van der Waals surface area (Å²) in [4.78, 5) is 28.4. The Morgan fingerprint density at radius 2 is 1.93 bits per heavy atom. The molecule has 7 nitrogen and oxygen atoms in total. The SMILES string of the molecule is COc1ncc(COc2c(C(=O)NC(C)(C)C(=O)O)ccc3ccccc23)cc1Cl. The first-order valence-corrected chi connectivity index (χ1v) is 9.49. The van der Waals surface area contributed by atoms with E-state index >= 15 is 0 Å². The van der Waals surface area contributed by atoms with Crippen LogP contribution in [0.2, 0.25) is 5.02 Å². The van der Waals surface area contributed by atoms with E-state index in [4.69, 9.17) is 21.1 Å². The van der Waals surface area contributed by atoms with Gasteiger partial charge < -0.3 is 19.9 Å². The Labute approximate surface area is 178 Å². The molecule has 30 heavy (non-hydrogen) atoms. The number of aliphatic carboxylic acids is 1. The molecule has 8 heteroatoms. The number of hydrogen-bond acceptors (Lipinski definition) is 5. The van der Waals surface area contributed by atoms with Gasteiger partial charge in [-0.15, -0.1) is 0 Å². The number of carbonyl (C=O) groups is 2.